The van der Waals surface area contributed by atoms with Gasteiger partial charge in [0.1, 0.15) is 0 Å². The van der Waals surface area contributed by atoms with E-state index in [0.29, 0.717) is 5.92 Å². The lowest BCUT2D eigenvalue weighted by Crippen LogP contribution is -2.03. The standard InChI is InChI=1S/C29H30N2/c1-3-4-14-24(29-21(2)30-27-17-10-8-16-25(27)29)26-20-31(19-22-12-6-5-7-13-22)28-18-11-9-15-23(26)28/h5-13,15-18,20,24,30H,3-4,14,19H2,1-2H3. The second-order valence-corrected chi connectivity index (χ2v) is 8.62. The lowest BCUT2D eigenvalue weighted by Gasteiger charge is -2.18. The van der Waals surface area contributed by atoms with Gasteiger partial charge in [-0.3, -0.25) is 0 Å². The third-order valence-electron chi connectivity index (χ3n) is 6.53. The van der Waals surface area contributed by atoms with Crippen molar-refractivity contribution in [3.63, 3.8) is 0 Å². The number of aryl methyl sites for hydroxylation is 1. The second kappa shape index (κ2) is 8.47. The molecule has 0 aliphatic heterocycles. The van der Waals surface area contributed by atoms with Gasteiger partial charge in [-0.25, -0.2) is 0 Å². The molecule has 0 saturated carbocycles. The van der Waals surface area contributed by atoms with E-state index in [4.69, 9.17) is 0 Å². The number of unbranched alkanes of at least 4 members (excludes halogenated alkanes) is 1. The molecule has 2 heterocycles. The number of H-pyrrole nitrogens is 1. The lowest BCUT2D eigenvalue weighted by atomic mass is 9.85. The van der Waals surface area contributed by atoms with Crippen LogP contribution in [-0.4, -0.2) is 9.55 Å². The zero-order valence-corrected chi connectivity index (χ0v) is 18.4. The first-order valence-electron chi connectivity index (χ1n) is 11.4. The van der Waals surface area contributed by atoms with Crippen molar-refractivity contribution in [2.75, 3.05) is 0 Å². The molecule has 0 spiro atoms. The van der Waals surface area contributed by atoms with Crippen molar-refractivity contribution in [3.8, 4) is 0 Å². The third kappa shape index (κ3) is 3.67. The summed E-state index contributed by atoms with van der Waals surface area (Å²) >= 11 is 0. The maximum Gasteiger partial charge on any atom is 0.0486 e. The monoisotopic (exact) mass is 406 g/mol. The number of aromatic amines is 1. The Morgan fingerprint density at radius 3 is 2.35 bits per heavy atom. The number of nitrogens with one attached hydrogen (secondary N) is 1. The van der Waals surface area contributed by atoms with Crippen LogP contribution in [0, 0.1) is 6.92 Å². The number of aromatic nitrogens is 2. The first-order valence-corrected chi connectivity index (χ1v) is 11.4. The van der Waals surface area contributed by atoms with Gasteiger partial charge < -0.3 is 9.55 Å². The summed E-state index contributed by atoms with van der Waals surface area (Å²) in [4.78, 5) is 3.64. The first-order chi connectivity index (χ1) is 15.3. The molecule has 0 saturated heterocycles. The number of para-hydroxylation sites is 2. The molecule has 1 atom stereocenters. The van der Waals surface area contributed by atoms with Gasteiger partial charge in [-0.15, -0.1) is 0 Å². The van der Waals surface area contributed by atoms with Gasteiger partial charge in [-0.2, -0.15) is 0 Å². The number of nitrogens with zero attached hydrogens (tertiary/aromatic N) is 1. The molecule has 0 aliphatic carbocycles. The van der Waals surface area contributed by atoms with E-state index < -0.39 is 0 Å². The molecule has 1 N–H and O–H groups in total. The molecule has 0 aliphatic rings. The van der Waals surface area contributed by atoms with Crippen molar-refractivity contribution < 1.29 is 0 Å². The second-order valence-electron chi connectivity index (χ2n) is 8.62. The molecule has 0 fully saturated rings. The normalized spacial score (nSPS) is 12.6. The molecule has 5 rings (SSSR count). The van der Waals surface area contributed by atoms with E-state index in [9.17, 15) is 0 Å². The predicted molar refractivity (Wildman–Crippen MR) is 132 cm³/mol. The van der Waals surface area contributed by atoms with E-state index in [-0.39, 0.29) is 0 Å². The lowest BCUT2D eigenvalue weighted by molar-refractivity contribution is 0.650. The van der Waals surface area contributed by atoms with Gasteiger partial charge in [-0.1, -0.05) is 86.5 Å². The maximum atomic E-state index is 3.64. The van der Waals surface area contributed by atoms with Crippen LogP contribution in [0.1, 0.15) is 54.5 Å². The molecule has 0 bridgehead atoms. The van der Waals surface area contributed by atoms with Crippen molar-refractivity contribution in [1.29, 1.82) is 0 Å². The Morgan fingerprint density at radius 1 is 0.839 bits per heavy atom. The van der Waals surface area contributed by atoms with Crippen LogP contribution in [0.4, 0.5) is 0 Å². The van der Waals surface area contributed by atoms with Crippen molar-refractivity contribution in [3.05, 3.63) is 107 Å². The summed E-state index contributed by atoms with van der Waals surface area (Å²) in [7, 11) is 0. The summed E-state index contributed by atoms with van der Waals surface area (Å²) in [5.74, 6) is 0.387. The molecule has 2 aromatic heterocycles. The van der Waals surface area contributed by atoms with Gasteiger partial charge in [0.25, 0.3) is 0 Å². The Balaban J connectivity index is 1.68. The Labute approximate surface area is 184 Å². The summed E-state index contributed by atoms with van der Waals surface area (Å²) < 4.78 is 2.43. The molecule has 2 heteroatoms. The van der Waals surface area contributed by atoms with Gasteiger partial charge in [0.05, 0.1) is 0 Å². The highest BCUT2D eigenvalue weighted by Gasteiger charge is 2.24. The van der Waals surface area contributed by atoms with Gasteiger partial charge in [0.15, 0.2) is 0 Å². The number of benzene rings is 3. The minimum absolute atomic E-state index is 0.387. The predicted octanol–water partition coefficient (Wildman–Crippen LogP) is 7.80. The van der Waals surface area contributed by atoms with E-state index >= 15 is 0 Å². The van der Waals surface area contributed by atoms with Crippen LogP contribution in [0.3, 0.4) is 0 Å². The minimum Gasteiger partial charge on any atom is -0.358 e. The SMILES string of the molecule is CCCCC(c1c(C)[nH]c2ccccc12)c1cn(Cc2ccccc2)c2ccccc12. The largest absolute Gasteiger partial charge is 0.358 e. The van der Waals surface area contributed by atoms with Crippen molar-refractivity contribution in [1.82, 2.24) is 9.55 Å². The van der Waals surface area contributed by atoms with Crippen LogP contribution in [0.5, 0.6) is 0 Å². The molecule has 2 nitrogen and oxygen atoms in total. The molecule has 3 aromatic carbocycles. The fourth-order valence-electron chi connectivity index (χ4n) is 5.07. The summed E-state index contributed by atoms with van der Waals surface area (Å²) in [6.45, 7) is 5.42. The Bertz CT molecular complexity index is 1310. The Kier molecular flexibility index (Phi) is 5.38. The van der Waals surface area contributed by atoms with Gasteiger partial charge in [0.2, 0.25) is 0 Å². The molecular formula is C29H30N2. The van der Waals surface area contributed by atoms with E-state index in [1.165, 1.54) is 63.5 Å². The Hall–Kier alpha value is -3.26. The minimum atomic E-state index is 0.387. The quantitative estimate of drug-likeness (QED) is 0.285. The van der Waals surface area contributed by atoms with Crippen LogP contribution < -0.4 is 0 Å². The van der Waals surface area contributed by atoms with Crippen molar-refractivity contribution in [2.45, 2.75) is 45.6 Å². The van der Waals surface area contributed by atoms with Crippen LogP contribution in [-0.2, 0) is 6.54 Å². The zero-order chi connectivity index (χ0) is 21.2. The summed E-state index contributed by atoms with van der Waals surface area (Å²) in [6, 6.07) is 28.4. The van der Waals surface area contributed by atoms with Crippen LogP contribution in [0.15, 0.2) is 85.1 Å². The molecule has 31 heavy (non-hydrogen) atoms. The van der Waals surface area contributed by atoms with Crippen LogP contribution in [0.25, 0.3) is 21.8 Å². The van der Waals surface area contributed by atoms with Crippen LogP contribution >= 0.6 is 0 Å². The van der Waals surface area contributed by atoms with Gasteiger partial charge >= 0.3 is 0 Å². The van der Waals surface area contributed by atoms with E-state index in [2.05, 4.69) is 108 Å². The number of fused-ring (bicyclic) bond motifs is 2. The van der Waals surface area contributed by atoms with Gasteiger partial charge in [0, 0.05) is 46.2 Å². The van der Waals surface area contributed by atoms with Gasteiger partial charge in [-0.05, 0) is 42.2 Å². The highest BCUT2D eigenvalue weighted by Crippen LogP contribution is 2.40. The number of rotatable bonds is 7. The summed E-state index contributed by atoms with van der Waals surface area (Å²) in [5.41, 5.74) is 8.11. The number of hydrogen-bond acceptors (Lipinski definition) is 0. The third-order valence-corrected chi connectivity index (χ3v) is 6.53. The smallest absolute Gasteiger partial charge is 0.0486 e. The average molecular weight is 407 g/mol. The highest BCUT2D eigenvalue weighted by atomic mass is 15.0. The fraction of sp³-hybridized carbons (Fsp3) is 0.241. The van der Waals surface area contributed by atoms with E-state index in [0.717, 1.165) is 6.54 Å². The zero-order valence-electron chi connectivity index (χ0n) is 18.4. The summed E-state index contributed by atoms with van der Waals surface area (Å²) in [6.07, 6.45) is 6.01. The Morgan fingerprint density at radius 2 is 1.55 bits per heavy atom. The molecule has 156 valence electrons. The molecule has 0 radical (unpaired) electrons. The van der Waals surface area contributed by atoms with E-state index in [1.54, 1.807) is 0 Å². The highest BCUT2D eigenvalue weighted by molar-refractivity contribution is 5.89. The molecule has 1 unspecified atom stereocenters. The molecule has 0 amide bonds. The number of hydrogen-bond donors (Lipinski definition) is 1. The van der Waals surface area contributed by atoms with Crippen molar-refractivity contribution >= 4 is 21.8 Å². The van der Waals surface area contributed by atoms with Crippen molar-refractivity contribution in [2.24, 2.45) is 0 Å². The molecular weight excluding hydrogens is 376 g/mol. The summed E-state index contributed by atoms with van der Waals surface area (Å²) in [5, 5.41) is 2.74. The first kappa shape index (κ1) is 19.7. The van der Waals surface area contributed by atoms with Crippen LogP contribution in [0.2, 0.25) is 0 Å². The topological polar surface area (TPSA) is 20.7 Å². The average Bonchev–Trinajstić information content (AvgIpc) is 3.33. The molecule has 5 aromatic rings. The van der Waals surface area contributed by atoms with E-state index in [1.807, 2.05) is 0 Å². The fourth-order valence-corrected chi connectivity index (χ4v) is 5.07. The maximum absolute atomic E-state index is 3.64.